The molecule has 3 rings (SSSR count). The van der Waals surface area contributed by atoms with E-state index in [1.54, 1.807) is 13.0 Å². The van der Waals surface area contributed by atoms with Gasteiger partial charge in [0.1, 0.15) is 5.76 Å². The van der Waals surface area contributed by atoms with E-state index in [4.69, 9.17) is 4.42 Å². The largest absolute Gasteiger partial charge is 0.456 e. The summed E-state index contributed by atoms with van der Waals surface area (Å²) < 4.78 is 5.20. The third kappa shape index (κ3) is 4.29. The van der Waals surface area contributed by atoms with Crippen molar-refractivity contribution in [3.8, 4) is 0 Å². The van der Waals surface area contributed by atoms with Gasteiger partial charge in [-0.15, -0.1) is 0 Å². The number of rotatable bonds is 6. The molecular formula is C18H15N3O6S. The van der Waals surface area contributed by atoms with E-state index in [2.05, 4.69) is 5.32 Å². The molecule has 1 aromatic carbocycles. The number of nitro groups is 1. The average molecular weight is 401 g/mol. The molecule has 0 unspecified atom stereocenters. The number of imide groups is 1. The molecule has 2 heterocycles. The number of nitrogens with one attached hydrogen (secondary N) is 1. The lowest BCUT2D eigenvalue weighted by Gasteiger charge is -2.12. The van der Waals surface area contributed by atoms with E-state index in [1.807, 2.05) is 0 Å². The van der Waals surface area contributed by atoms with Crippen LogP contribution in [0.2, 0.25) is 0 Å². The first kappa shape index (κ1) is 19.4. The predicted octanol–water partition coefficient (Wildman–Crippen LogP) is 2.96. The number of hydrogen-bond donors (Lipinski definition) is 1. The fraction of sp³-hybridized carbons (Fsp3) is 0.167. The minimum Gasteiger partial charge on any atom is -0.456 e. The van der Waals surface area contributed by atoms with Crippen molar-refractivity contribution >= 4 is 40.6 Å². The Balaban J connectivity index is 1.60. The van der Waals surface area contributed by atoms with E-state index in [1.165, 1.54) is 36.4 Å². The van der Waals surface area contributed by atoms with Gasteiger partial charge in [0, 0.05) is 25.2 Å². The van der Waals surface area contributed by atoms with Gasteiger partial charge in [0.25, 0.3) is 22.7 Å². The summed E-state index contributed by atoms with van der Waals surface area (Å²) in [5.41, 5.74) is 0.505. The van der Waals surface area contributed by atoms with E-state index >= 15 is 0 Å². The lowest BCUT2D eigenvalue weighted by atomic mass is 10.2. The number of nitrogens with zero attached hydrogens (tertiary/aromatic N) is 2. The van der Waals surface area contributed by atoms with E-state index in [0.717, 1.165) is 16.7 Å². The first-order valence-electron chi connectivity index (χ1n) is 8.19. The summed E-state index contributed by atoms with van der Waals surface area (Å²) in [6.07, 6.45) is 1.50. The number of carbonyl (C=O) groups is 3. The molecule has 0 spiro atoms. The molecule has 144 valence electrons. The van der Waals surface area contributed by atoms with Gasteiger partial charge in [-0.3, -0.25) is 29.4 Å². The maximum atomic E-state index is 12.4. The number of nitro benzene ring substituents is 1. The lowest BCUT2D eigenvalue weighted by Crippen LogP contribution is -2.37. The smallest absolute Gasteiger partial charge is 0.293 e. The molecular weight excluding hydrogens is 386 g/mol. The van der Waals surface area contributed by atoms with Crippen LogP contribution in [0, 0.1) is 17.0 Å². The highest BCUT2D eigenvalue weighted by molar-refractivity contribution is 8.18. The third-order valence-electron chi connectivity index (χ3n) is 3.86. The Bertz CT molecular complexity index is 979. The third-order valence-corrected chi connectivity index (χ3v) is 4.77. The Hall–Kier alpha value is -3.40. The summed E-state index contributed by atoms with van der Waals surface area (Å²) in [4.78, 5) is 47.8. The number of furan rings is 1. The second-order valence-electron chi connectivity index (χ2n) is 5.85. The van der Waals surface area contributed by atoms with E-state index in [-0.39, 0.29) is 29.4 Å². The molecule has 28 heavy (non-hydrogen) atoms. The quantitative estimate of drug-likeness (QED) is 0.448. The SMILES string of the molecule is Cc1ccc(C(=O)NCCN2C(=O)SC(=Cc3ccc([N+](=O)[O-])cc3)C2=O)o1. The van der Waals surface area contributed by atoms with Gasteiger partial charge < -0.3 is 9.73 Å². The van der Waals surface area contributed by atoms with Gasteiger partial charge in [0.2, 0.25) is 0 Å². The molecule has 1 fully saturated rings. The van der Waals surface area contributed by atoms with E-state index < -0.39 is 22.0 Å². The summed E-state index contributed by atoms with van der Waals surface area (Å²) in [5.74, 6) is -0.143. The normalized spacial score (nSPS) is 15.3. The molecule has 1 aliphatic heterocycles. The lowest BCUT2D eigenvalue weighted by molar-refractivity contribution is -0.384. The summed E-state index contributed by atoms with van der Waals surface area (Å²) in [7, 11) is 0. The Morgan fingerprint density at radius 3 is 2.57 bits per heavy atom. The van der Waals surface area contributed by atoms with Crippen molar-refractivity contribution in [2.75, 3.05) is 13.1 Å². The Morgan fingerprint density at radius 2 is 1.96 bits per heavy atom. The molecule has 0 bridgehead atoms. The summed E-state index contributed by atoms with van der Waals surface area (Å²) >= 11 is 0.779. The fourth-order valence-electron chi connectivity index (χ4n) is 2.46. The van der Waals surface area contributed by atoms with Crippen molar-refractivity contribution < 1.29 is 23.7 Å². The van der Waals surface area contributed by atoms with Gasteiger partial charge in [0.05, 0.1) is 9.83 Å². The van der Waals surface area contributed by atoms with Crippen LogP contribution in [0.1, 0.15) is 21.9 Å². The standard InChI is InChI=1S/C18H15N3O6S/c1-11-2-7-14(27-11)16(22)19-8-9-20-17(23)15(28-18(20)24)10-12-3-5-13(6-4-12)21(25)26/h2-7,10H,8-9H2,1H3,(H,19,22). The maximum absolute atomic E-state index is 12.4. The first-order chi connectivity index (χ1) is 13.3. The van der Waals surface area contributed by atoms with Gasteiger partial charge in [0.15, 0.2) is 5.76 Å². The first-order valence-corrected chi connectivity index (χ1v) is 9.01. The van der Waals surface area contributed by atoms with Crippen molar-refractivity contribution in [2.45, 2.75) is 6.92 Å². The van der Waals surface area contributed by atoms with Crippen LogP contribution in [0.15, 0.2) is 45.7 Å². The molecule has 0 aliphatic carbocycles. The monoisotopic (exact) mass is 401 g/mol. The van der Waals surface area contributed by atoms with Crippen LogP contribution in [0.25, 0.3) is 6.08 Å². The van der Waals surface area contributed by atoms with E-state index in [9.17, 15) is 24.5 Å². The molecule has 1 N–H and O–H groups in total. The van der Waals surface area contributed by atoms with Crippen LogP contribution in [-0.2, 0) is 4.79 Å². The molecule has 9 nitrogen and oxygen atoms in total. The van der Waals surface area contributed by atoms with Crippen molar-refractivity contribution in [1.29, 1.82) is 0 Å². The van der Waals surface area contributed by atoms with Gasteiger partial charge in [-0.1, -0.05) is 0 Å². The fourth-order valence-corrected chi connectivity index (χ4v) is 3.33. The minimum absolute atomic E-state index is 0.0215. The second kappa shape index (κ2) is 8.09. The Labute approximate surface area is 163 Å². The molecule has 3 amide bonds. The number of aryl methyl sites for hydroxylation is 1. The van der Waals surface area contributed by atoms with Crippen LogP contribution in [-0.4, -0.2) is 40.0 Å². The summed E-state index contributed by atoms with van der Waals surface area (Å²) in [5, 5.41) is 12.8. The molecule has 10 heteroatoms. The average Bonchev–Trinajstić information content (AvgIpc) is 3.20. The molecule has 2 aromatic rings. The molecule has 0 saturated carbocycles. The zero-order valence-corrected chi connectivity index (χ0v) is 15.5. The number of carbonyl (C=O) groups excluding carboxylic acids is 3. The number of thioether (sulfide) groups is 1. The van der Waals surface area contributed by atoms with Gasteiger partial charge in [-0.2, -0.15) is 0 Å². The number of benzene rings is 1. The zero-order valence-electron chi connectivity index (χ0n) is 14.7. The number of hydrogen-bond acceptors (Lipinski definition) is 7. The van der Waals surface area contributed by atoms with Gasteiger partial charge >= 0.3 is 0 Å². The van der Waals surface area contributed by atoms with Crippen LogP contribution in [0.5, 0.6) is 0 Å². The highest BCUT2D eigenvalue weighted by Crippen LogP contribution is 2.32. The Morgan fingerprint density at radius 1 is 1.25 bits per heavy atom. The van der Waals surface area contributed by atoms with Gasteiger partial charge in [-0.25, -0.2) is 0 Å². The molecule has 0 radical (unpaired) electrons. The highest BCUT2D eigenvalue weighted by atomic mass is 32.2. The summed E-state index contributed by atoms with van der Waals surface area (Å²) in [6, 6.07) is 8.84. The maximum Gasteiger partial charge on any atom is 0.293 e. The van der Waals surface area contributed by atoms with Crippen LogP contribution >= 0.6 is 11.8 Å². The molecule has 1 aromatic heterocycles. The van der Waals surface area contributed by atoms with E-state index in [0.29, 0.717) is 11.3 Å². The molecule has 1 aliphatic rings. The molecule has 1 saturated heterocycles. The van der Waals surface area contributed by atoms with Crippen molar-refractivity contribution in [1.82, 2.24) is 10.2 Å². The minimum atomic E-state index is -0.518. The summed E-state index contributed by atoms with van der Waals surface area (Å²) in [6.45, 7) is 1.82. The van der Waals surface area contributed by atoms with Crippen molar-refractivity contribution in [3.63, 3.8) is 0 Å². The second-order valence-corrected chi connectivity index (χ2v) is 6.84. The van der Waals surface area contributed by atoms with Crippen LogP contribution < -0.4 is 5.32 Å². The van der Waals surface area contributed by atoms with Crippen LogP contribution in [0.4, 0.5) is 10.5 Å². The highest BCUT2D eigenvalue weighted by Gasteiger charge is 2.34. The topological polar surface area (TPSA) is 123 Å². The molecule has 0 atom stereocenters. The predicted molar refractivity (Wildman–Crippen MR) is 102 cm³/mol. The van der Waals surface area contributed by atoms with Gasteiger partial charge in [-0.05, 0) is 54.6 Å². The van der Waals surface area contributed by atoms with Crippen LogP contribution in [0.3, 0.4) is 0 Å². The zero-order chi connectivity index (χ0) is 20.3. The Kier molecular flexibility index (Phi) is 5.59. The van der Waals surface area contributed by atoms with Crippen molar-refractivity contribution in [3.05, 3.63) is 68.5 Å². The number of amides is 3. The number of non-ortho nitro benzene ring substituents is 1. The van der Waals surface area contributed by atoms with Crippen molar-refractivity contribution in [2.24, 2.45) is 0 Å².